The molecule has 0 bridgehead atoms. The first-order chi connectivity index (χ1) is 6.64. The minimum atomic E-state index is -3.65. The Hall–Kier alpha value is -0.820. The molecule has 0 spiro atoms. The molecule has 0 aromatic rings. The molecule has 1 rings (SSSR count). The summed E-state index contributed by atoms with van der Waals surface area (Å²) in [5.41, 5.74) is -0.687. The van der Waals surface area contributed by atoms with Gasteiger partial charge in [0.25, 0.3) is 0 Å². The van der Waals surface area contributed by atoms with Crippen LogP contribution in [0.15, 0.2) is 0 Å². The Labute approximate surface area is 90.0 Å². The second-order valence-electron chi connectivity index (χ2n) is 4.38. The van der Waals surface area contributed by atoms with Crippen LogP contribution >= 0.6 is 0 Å². The van der Waals surface area contributed by atoms with E-state index in [1.807, 2.05) is 0 Å². The molecule has 0 saturated carbocycles. The van der Waals surface area contributed by atoms with Crippen LogP contribution in [0.25, 0.3) is 0 Å². The summed E-state index contributed by atoms with van der Waals surface area (Å²) in [5.74, 6) is 0. The van der Waals surface area contributed by atoms with E-state index in [2.05, 4.69) is 0 Å². The normalized spacial score (nSPS) is 21.7. The standard InChI is InChI=1S/C8H16N2O4S/c1-8(2,3)14-7(11)10-6-5-9(4)15(10,12)13/h5-6H2,1-4H3. The van der Waals surface area contributed by atoms with Crippen molar-refractivity contribution in [2.24, 2.45) is 0 Å². The maximum absolute atomic E-state index is 11.6. The van der Waals surface area contributed by atoms with E-state index < -0.39 is 21.9 Å². The summed E-state index contributed by atoms with van der Waals surface area (Å²) in [4.78, 5) is 11.5. The van der Waals surface area contributed by atoms with E-state index in [1.54, 1.807) is 20.8 Å². The van der Waals surface area contributed by atoms with Gasteiger partial charge in [0.1, 0.15) is 5.60 Å². The van der Waals surface area contributed by atoms with Gasteiger partial charge in [-0.25, -0.2) is 4.79 Å². The second-order valence-corrected chi connectivity index (χ2v) is 6.34. The van der Waals surface area contributed by atoms with E-state index >= 15 is 0 Å². The highest BCUT2D eigenvalue weighted by atomic mass is 32.2. The van der Waals surface area contributed by atoms with Crippen molar-refractivity contribution in [3.63, 3.8) is 0 Å². The van der Waals surface area contributed by atoms with Gasteiger partial charge in [0.15, 0.2) is 0 Å². The number of hydrogen-bond acceptors (Lipinski definition) is 4. The maximum atomic E-state index is 11.6. The van der Waals surface area contributed by atoms with Crippen LogP contribution in [0.3, 0.4) is 0 Å². The Kier molecular flexibility index (Phi) is 2.97. The lowest BCUT2D eigenvalue weighted by molar-refractivity contribution is 0.0405. The quantitative estimate of drug-likeness (QED) is 0.611. The van der Waals surface area contributed by atoms with E-state index in [9.17, 15) is 13.2 Å². The molecule has 0 aromatic carbocycles. The van der Waals surface area contributed by atoms with E-state index in [1.165, 1.54) is 7.05 Å². The molecule has 0 aromatic heterocycles. The molecule has 1 heterocycles. The van der Waals surface area contributed by atoms with Gasteiger partial charge in [-0.1, -0.05) is 0 Å². The molecule has 6 nitrogen and oxygen atoms in total. The Morgan fingerprint density at radius 2 is 1.80 bits per heavy atom. The molecule has 0 atom stereocenters. The highest BCUT2D eigenvalue weighted by Crippen LogP contribution is 2.18. The largest absolute Gasteiger partial charge is 0.443 e. The average Bonchev–Trinajstić information content (AvgIpc) is 2.23. The lowest BCUT2D eigenvalue weighted by atomic mass is 10.2. The van der Waals surface area contributed by atoms with Crippen molar-refractivity contribution in [2.75, 3.05) is 20.1 Å². The first kappa shape index (κ1) is 12.3. The number of ether oxygens (including phenoxy) is 1. The Balaban J connectivity index is 2.79. The SMILES string of the molecule is CN1CCN(C(=O)OC(C)(C)C)S1(=O)=O. The van der Waals surface area contributed by atoms with Crippen LogP contribution < -0.4 is 0 Å². The highest BCUT2D eigenvalue weighted by Gasteiger charge is 2.39. The minimum Gasteiger partial charge on any atom is -0.443 e. The summed E-state index contributed by atoms with van der Waals surface area (Å²) >= 11 is 0. The van der Waals surface area contributed by atoms with Gasteiger partial charge in [0, 0.05) is 13.6 Å². The molecule has 0 N–H and O–H groups in total. The molecule has 1 aliphatic rings. The van der Waals surface area contributed by atoms with Crippen molar-refractivity contribution in [3.8, 4) is 0 Å². The summed E-state index contributed by atoms with van der Waals surface area (Å²) < 4.78 is 30.0. The molecule has 1 aliphatic heterocycles. The van der Waals surface area contributed by atoms with E-state index in [0.717, 1.165) is 8.61 Å². The van der Waals surface area contributed by atoms with Gasteiger partial charge in [-0.05, 0) is 20.8 Å². The van der Waals surface area contributed by atoms with Crippen molar-refractivity contribution in [1.29, 1.82) is 0 Å². The van der Waals surface area contributed by atoms with Crippen LogP contribution in [0.2, 0.25) is 0 Å². The topological polar surface area (TPSA) is 66.9 Å². The second kappa shape index (κ2) is 3.64. The number of carbonyl (C=O) groups is 1. The highest BCUT2D eigenvalue weighted by molar-refractivity contribution is 7.87. The monoisotopic (exact) mass is 236 g/mol. The van der Waals surface area contributed by atoms with Gasteiger partial charge >= 0.3 is 16.3 Å². The number of likely N-dealkylation sites (N-methyl/N-ethyl adjacent to an activating group) is 1. The predicted molar refractivity (Wildman–Crippen MR) is 54.5 cm³/mol. The van der Waals surface area contributed by atoms with E-state index in [-0.39, 0.29) is 6.54 Å². The zero-order valence-electron chi connectivity index (χ0n) is 9.35. The van der Waals surface area contributed by atoms with Crippen molar-refractivity contribution in [2.45, 2.75) is 26.4 Å². The van der Waals surface area contributed by atoms with Crippen LogP contribution in [0.1, 0.15) is 20.8 Å². The van der Waals surface area contributed by atoms with Gasteiger partial charge in [-0.2, -0.15) is 17.0 Å². The molecule has 15 heavy (non-hydrogen) atoms. The van der Waals surface area contributed by atoms with Gasteiger partial charge < -0.3 is 4.74 Å². The van der Waals surface area contributed by atoms with E-state index in [4.69, 9.17) is 4.74 Å². The zero-order chi connectivity index (χ0) is 11.9. The average molecular weight is 236 g/mol. The van der Waals surface area contributed by atoms with Crippen LogP contribution in [-0.2, 0) is 14.9 Å². The van der Waals surface area contributed by atoms with E-state index in [0.29, 0.717) is 6.54 Å². The molecule has 0 radical (unpaired) electrons. The molecule has 0 aliphatic carbocycles. The van der Waals surface area contributed by atoms with Gasteiger partial charge in [0.05, 0.1) is 6.54 Å². The van der Waals surface area contributed by atoms with Crippen LogP contribution in [0.5, 0.6) is 0 Å². The van der Waals surface area contributed by atoms with Gasteiger partial charge in [-0.15, -0.1) is 0 Å². The van der Waals surface area contributed by atoms with Crippen molar-refractivity contribution in [1.82, 2.24) is 8.61 Å². The lowest BCUT2D eigenvalue weighted by Crippen LogP contribution is -2.39. The minimum absolute atomic E-state index is 0.147. The summed E-state index contributed by atoms with van der Waals surface area (Å²) in [5, 5.41) is 0. The number of hydrogen-bond donors (Lipinski definition) is 0. The lowest BCUT2D eigenvalue weighted by Gasteiger charge is -2.23. The first-order valence-electron chi connectivity index (χ1n) is 4.61. The summed E-state index contributed by atoms with van der Waals surface area (Å²) in [7, 11) is -2.22. The third-order valence-corrected chi connectivity index (χ3v) is 3.75. The molecule has 1 amide bonds. The predicted octanol–water partition coefficient (Wildman–Crippen LogP) is 0.414. The maximum Gasteiger partial charge on any atom is 0.425 e. The molecule has 1 saturated heterocycles. The number of amides is 1. The number of nitrogens with zero attached hydrogens (tertiary/aromatic N) is 2. The summed E-state index contributed by atoms with van der Waals surface area (Å²) in [6.07, 6.45) is -0.813. The van der Waals surface area contributed by atoms with Crippen molar-refractivity contribution < 1.29 is 17.9 Å². The molecule has 88 valence electrons. The first-order valence-corrected chi connectivity index (χ1v) is 6.01. The smallest absolute Gasteiger partial charge is 0.425 e. The van der Waals surface area contributed by atoms with Crippen LogP contribution in [-0.4, -0.2) is 48.9 Å². The molecule has 7 heteroatoms. The Bertz CT molecular complexity index is 357. The molecule has 1 fully saturated rings. The third kappa shape index (κ3) is 2.60. The fourth-order valence-electron chi connectivity index (χ4n) is 1.13. The van der Waals surface area contributed by atoms with Gasteiger partial charge in [-0.3, -0.25) is 0 Å². The summed E-state index contributed by atoms with van der Waals surface area (Å²) in [6, 6.07) is 0. The molecule has 0 unspecified atom stereocenters. The summed E-state index contributed by atoms with van der Waals surface area (Å²) in [6.45, 7) is 5.53. The zero-order valence-corrected chi connectivity index (χ0v) is 10.2. The fraction of sp³-hybridized carbons (Fsp3) is 0.875. The fourth-order valence-corrected chi connectivity index (χ4v) is 2.32. The Morgan fingerprint density at radius 3 is 2.13 bits per heavy atom. The third-order valence-electron chi connectivity index (χ3n) is 1.89. The van der Waals surface area contributed by atoms with Crippen molar-refractivity contribution in [3.05, 3.63) is 0 Å². The van der Waals surface area contributed by atoms with Gasteiger partial charge in [0.2, 0.25) is 0 Å². The van der Waals surface area contributed by atoms with Crippen LogP contribution in [0.4, 0.5) is 4.79 Å². The molecular formula is C8H16N2O4S. The van der Waals surface area contributed by atoms with Crippen molar-refractivity contribution >= 4 is 16.3 Å². The number of rotatable bonds is 0. The van der Waals surface area contributed by atoms with Crippen LogP contribution in [0, 0.1) is 0 Å². The number of carbonyl (C=O) groups excluding carboxylic acids is 1. The molecular weight excluding hydrogens is 220 g/mol. The Morgan fingerprint density at radius 1 is 1.27 bits per heavy atom.